The molecular formula is C15H32O2. The fourth-order valence-corrected chi connectivity index (χ4v) is 1.60. The van der Waals surface area contributed by atoms with E-state index in [0.29, 0.717) is 6.61 Å². The summed E-state index contributed by atoms with van der Waals surface area (Å²) >= 11 is 0. The Labute approximate surface area is 108 Å². The number of hydrogen-bond acceptors (Lipinski definition) is 2. The van der Waals surface area contributed by atoms with Crippen molar-refractivity contribution in [3.05, 3.63) is 12.7 Å². The van der Waals surface area contributed by atoms with Crippen molar-refractivity contribution in [3.63, 3.8) is 0 Å². The van der Waals surface area contributed by atoms with Gasteiger partial charge in [0.1, 0.15) is 0 Å². The molecule has 0 spiro atoms. The minimum Gasteiger partial charge on any atom is -0.396 e. The fraction of sp³-hybridized carbons (Fsp3) is 0.867. The lowest BCUT2D eigenvalue weighted by Crippen LogP contribution is -1.84. The van der Waals surface area contributed by atoms with Gasteiger partial charge < -0.3 is 10.2 Å². The Bertz CT molecular complexity index is 114. The lowest BCUT2D eigenvalue weighted by Gasteiger charge is -2.00. The predicted molar refractivity (Wildman–Crippen MR) is 76.2 cm³/mol. The van der Waals surface area contributed by atoms with Crippen molar-refractivity contribution in [2.45, 2.75) is 71.1 Å². The molecule has 0 rings (SSSR count). The second kappa shape index (κ2) is 21.0. The van der Waals surface area contributed by atoms with Gasteiger partial charge >= 0.3 is 0 Å². The van der Waals surface area contributed by atoms with E-state index < -0.39 is 0 Å². The number of aliphatic hydroxyl groups is 2. The standard InChI is InChI=1S/C12H26O.C3H6O/c1-2-3-4-5-6-7-8-9-10-11-12-13;1-2-3-4/h13H,2-12H2,1H3;2,4H,1,3H2. The fourth-order valence-electron chi connectivity index (χ4n) is 1.60. The molecule has 2 heteroatoms. The Hall–Kier alpha value is -0.340. The topological polar surface area (TPSA) is 40.5 Å². The number of hydrogen-bond donors (Lipinski definition) is 2. The number of aliphatic hydroxyl groups excluding tert-OH is 2. The molecule has 0 aromatic carbocycles. The van der Waals surface area contributed by atoms with E-state index in [2.05, 4.69) is 13.5 Å². The van der Waals surface area contributed by atoms with Crippen molar-refractivity contribution in [1.82, 2.24) is 0 Å². The minimum absolute atomic E-state index is 0.0833. The highest BCUT2D eigenvalue weighted by molar-refractivity contribution is 4.60. The summed E-state index contributed by atoms with van der Waals surface area (Å²) in [5.41, 5.74) is 0. The van der Waals surface area contributed by atoms with Crippen molar-refractivity contribution < 1.29 is 10.2 Å². The molecule has 0 radical (unpaired) electrons. The van der Waals surface area contributed by atoms with Crippen molar-refractivity contribution in [3.8, 4) is 0 Å². The molecule has 0 heterocycles. The Morgan fingerprint density at radius 1 is 0.765 bits per heavy atom. The van der Waals surface area contributed by atoms with Gasteiger partial charge in [0.15, 0.2) is 0 Å². The van der Waals surface area contributed by atoms with Crippen LogP contribution in [0.1, 0.15) is 71.1 Å². The zero-order valence-electron chi connectivity index (χ0n) is 11.7. The van der Waals surface area contributed by atoms with Crippen LogP contribution in [-0.2, 0) is 0 Å². The molecule has 0 atom stereocenters. The zero-order chi connectivity index (χ0) is 13.2. The molecule has 0 bridgehead atoms. The second-order valence-corrected chi connectivity index (χ2v) is 4.38. The Morgan fingerprint density at radius 3 is 1.41 bits per heavy atom. The van der Waals surface area contributed by atoms with E-state index >= 15 is 0 Å². The molecule has 0 amide bonds. The molecule has 104 valence electrons. The highest BCUT2D eigenvalue weighted by Crippen LogP contribution is 2.09. The van der Waals surface area contributed by atoms with Gasteiger partial charge in [-0.05, 0) is 6.42 Å². The molecule has 0 fully saturated rings. The smallest absolute Gasteiger partial charge is 0.0609 e. The zero-order valence-corrected chi connectivity index (χ0v) is 11.7. The third kappa shape index (κ3) is 25.7. The van der Waals surface area contributed by atoms with Gasteiger partial charge in [0.05, 0.1) is 6.61 Å². The van der Waals surface area contributed by atoms with Crippen LogP contribution in [0.4, 0.5) is 0 Å². The quantitative estimate of drug-likeness (QED) is 0.425. The summed E-state index contributed by atoms with van der Waals surface area (Å²) in [7, 11) is 0. The summed E-state index contributed by atoms with van der Waals surface area (Å²) < 4.78 is 0. The van der Waals surface area contributed by atoms with Crippen molar-refractivity contribution in [2.75, 3.05) is 13.2 Å². The second-order valence-electron chi connectivity index (χ2n) is 4.38. The highest BCUT2D eigenvalue weighted by Gasteiger charge is 1.91. The van der Waals surface area contributed by atoms with Gasteiger partial charge in [-0.25, -0.2) is 0 Å². The third-order valence-corrected chi connectivity index (χ3v) is 2.64. The minimum atomic E-state index is 0.0833. The van der Waals surface area contributed by atoms with Crippen LogP contribution in [-0.4, -0.2) is 23.4 Å². The van der Waals surface area contributed by atoms with Crippen LogP contribution < -0.4 is 0 Å². The van der Waals surface area contributed by atoms with Gasteiger partial charge in [0.2, 0.25) is 0 Å². The van der Waals surface area contributed by atoms with E-state index in [4.69, 9.17) is 10.2 Å². The van der Waals surface area contributed by atoms with Crippen LogP contribution in [0.15, 0.2) is 12.7 Å². The summed E-state index contributed by atoms with van der Waals surface area (Å²) in [6, 6.07) is 0. The van der Waals surface area contributed by atoms with E-state index in [0.717, 1.165) is 6.42 Å². The monoisotopic (exact) mass is 244 g/mol. The maximum Gasteiger partial charge on any atom is 0.0609 e. The van der Waals surface area contributed by atoms with E-state index in [-0.39, 0.29) is 6.61 Å². The van der Waals surface area contributed by atoms with Crippen LogP contribution in [0.3, 0.4) is 0 Å². The molecule has 0 saturated carbocycles. The molecule has 0 aliphatic carbocycles. The van der Waals surface area contributed by atoms with Crippen LogP contribution in [0.5, 0.6) is 0 Å². The maximum absolute atomic E-state index is 8.57. The Morgan fingerprint density at radius 2 is 1.12 bits per heavy atom. The SMILES string of the molecule is C=CCO.CCCCCCCCCCCCO. The molecular weight excluding hydrogens is 212 g/mol. The van der Waals surface area contributed by atoms with Gasteiger partial charge in [-0.2, -0.15) is 0 Å². The van der Waals surface area contributed by atoms with Crippen molar-refractivity contribution in [1.29, 1.82) is 0 Å². The Balaban J connectivity index is 0. The molecule has 0 aromatic heterocycles. The largest absolute Gasteiger partial charge is 0.396 e. The van der Waals surface area contributed by atoms with Crippen molar-refractivity contribution in [2.24, 2.45) is 0 Å². The first-order valence-corrected chi connectivity index (χ1v) is 7.16. The predicted octanol–water partition coefficient (Wildman–Crippen LogP) is 4.06. The summed E-state index contributed by atoms with van der Waals surface area (Å²) in [6.45, 7) is 5.94. The maximum atomic E-state index is 8.57. The first-order chi connectivity index (χ1) is 8.33. The normalized spacial score (nSPS) is 9.59. The summed E-state index contributed by atoms with van der Waals surface area (Å²) in [5.74, 6) is 0. The molecule has 0 unspecified atom stereocenters. The van der Waals surface area contributed by atoms with Gasteiger partial charge in [0.25, 0.3) is 0 Å². The molecule has 0 aliphatic rings. The summed E-state index contributed by atoms with van der Waals surface area (Å²) in [6.07, 6.45) is 14.7. The molecule has 0 aromatic rings. The first kappa shape index (κ1) is 19.0. The van der Waals surface area contributed by atoms with Gasteiger partial charge in [-0.3, -0.25) is 0 Å². The van der Waals surface area contributed by atoms with E-state index in [1.807, 2.05) is 0 Å². The van der Waals surface area contributed by atoms with Crippen LogP contribution >= 0.6 is 0 Å². The van der Waals surface area contributed by atoms with Crippen LogP contribution in [0, 0.1) is 0 Å². The van der Waals surface area contributed by atoms with E-state index in [1.54, 1.807) is 0 Å². The first-order valence-electron chi connectivity index (χ1n) is 7.16. The average molecular weight is 244 g/mol. The summed E-state index contributed by atoms with van der Waals surface area (Å²) in [4.78, 5) is 0. The average Bonchev–Trinajstić information content (AvgIpc) is 2.37. The summed E-state index contributed by atoms with van der Waals surface area (Å²) in [5, 5.41) is 16.3. The van der Waals surface area contributed by atoms with Gasteiger partial charge in [0, 0.05) is 6.61 Å². The van der Waals surface area contributed by atoms with Crippen LogP contribution in [0.25, 0.3) is 0 Å². The highest BCUT2D eigenvalue weighted by atomic mass is 16.3. The third-order valence-electron chi connectivity index (χ3n) is 2.64. The van der Waals surface area contributed by atoms with E-state index in [1.165, 1.54) is 63.9 Å². The number of rotatable bonds is 11. The van der Waals surface area contributed by atoms with Crippen LogP contribution in [0.2, 0.25) is 0 Å². The van der Waals surface area contributed by atoms with Crippen molar-refractivity contribution >= 4 is 0 Å². The van der Waals surface area contributed by atoms with E-state index in [9.17, 15) is 0 Å². The Kier molecular flexibility index (Phi) is 23.5. The lowest BCUT2D eigenvalue weighted by molar-refractivity contribution is 0.282. The molecule has 2 nitrogen and oxygen atoms in total. The van der Waals surface area contributed by atoms with Gasteiger partial charge in [-0.15, -0.1) is 6.58 Å². The molecule has 2 N–H and O–H groups in total. The molecule has 0 saturated heterocycles. The number of unbranched alkanes of at least 4 members (excludes halogenated alkanes) is 9. The lowest BCUT2D eigenvalue weighted by atomic mass is 10.1. The molecule has 17 heavy (non-hydrogen) atoms. The van der Waals surface area contributed by atoms with Gasteiger partial charge in [-0.1, -0.05) is 70.8 Å². The molecule has 0 aliphatic heterocycles.